The number of rotatable bonds is 9. The van der Waals surface area contributed by atoms with Crippen molar-refractivity contribution in [3.05, 3.63) is 11.9 Å². The molecule has 19 heavy (non-hydrogen) atoms. The molecular formula is C14H26N4O. The van der Waals surface area contributed by atoms with E-state index >= 15 is 0 Å². The molecule has 1 N–H and O–H groups in total. The van der Waals surface area contributed by atoms with Gasteiger partial charge in [0.15, 0.2) is 5.82 Å². The molecule has 0 spiro atoms. The van der Waals surface area contributed by atoms with E-state index in [1.807, 2.05) is 13.0 Å². The van der Waals surface area contributed by atoms with Crippen molar-refractivity contribution in [2.45, 2.75) is 40.2 Å². The Kier molecular flexibility index (Phi) is 7.18. The molecule has 5 heteroatoms. The Morgan fingerprint density at radius 2 is 2.05 bits per heavy atom. The Balaban J connectivity index is 2.84. The topological polar surface area (TPSA) is 50.3 Å². The average Bonchev–Trinajstić information content (AvgIpc) is 2.42. The zero-order valence-corrected chi connectivity index (χ0v) is 12.6. The van der Waals surface area contributed by atoms with E-state index in [0.29, 0.717) is 13.2 Å². The molecule has 0 aliphatic rings. The standard InChI is InChI=1S/C14H26N4O/c1-5-8-9-18(4)14-10-12(15-6-2)16-13(17-14)11-19-7-3/h10H,5-9,11H2,1-4H3,(H,15,16,17). The van der Waals surface area contributed by atoms with Crippen LogP contribution in [-0.2, 0) is 11.3 Å². The molecule has 0 bridgehead atoms. The normalized spacial score (nSPS) is 10.5. The van der Waals surface area contributed by atoms with Gasteiger partial charge in [0.2, 0.25) is 0 Å². The highest BCUT2D eigenvalue weighted by Gasteiger charge is 2.08. The molecule has 0 aliphatic carbocycles. The summed E-state index contributed by atoms with van der Waals surface area (Å²) in [4.78, 5) is 11.2. The summed E-state index contributed by atoms with van der Waals surface area (Å²) in [6.45, 7) is 9.22. The molecule has 108 valence electrons. The minimum atomic E-state index is 0.463. The maximum atomic E-state index is 5.40. The van der Waals surface area contributed by atoms with Crippen molar-refractivity contribution in [1.29, 1.82) is 0 Å². The Labute approximate surface area is 116 Å². The average molecular weight is 266 g/mol. The van der Waals surface area contributed by atoms with E-state index in [0.717, 1.165) is 37.0 Å². The molecule has 1 rings (SSSR count). The van der Waals surface area contributed by atoms with Gasteiger partial charge < -0.3 is 15.0 Å². The lowest BCUT2D eigenvalue weighted by Crippen LogP contribution is -2.21. The maximum Gasteiger partial charge on any atom is 0.158 e. The van der Waals surface area contributed by atoms with Crippen molar-refractivity contribution in [3.8, 4) is 0 Å². The van der Waals surface area contributed by atoms with Crippen LogP contribution in [0.1, 0.15) is 39.4 Å². The highest BCUT2D eigenvalue weighted by Crippen LogP contribution is 2.16. The Morgan fingerprint density at radius 3 is 2.68 bits per heavy atom. The van der Waals surface area contributed by atoms with Gasteiger partial charge in [-0.1, -0.05) is 13.3 Å². The van der Waals surface area contributed by atoms with Gasteiger partial charge in [-0.2, -0.15) is 0 Å². The molecule has 5 nitrogen and oxygen atoms in total. The van der Waals surface area contributed by atoms with Crippen molar-refractivity contribution >= 4 is 11.6 Å². The zero-order valence-electron chi connectivity index (χ0n) is 12.6. The molecule has 0 saturated carbocycles. The first-order valence-electron chi connectivity index (χ1n) is 7.11. The highest BCUT2D eigenvalue weighted by atomic mass is 16.5. The van der Waals surface area contributed by atoms with Crippen LogP contribution in [0.2, 0.25) is 0 Å². The summed E-state index contributed by atoms with van der Waals surface area (Å²) >= 11 is 0. The van der Waals surface area contributed by atoms with Crippen LogP contribution < -0.4 is 10.2 Å². The van der Waals surface area contributed by atoms with Crippen LogP contribution in [0.5, 0.6) is 0 Å². The quantitative estimate of drug-likeness (QED) is 0.744. The lowest BCUT2D eigenvalue weighted by Gasteiger charge is -2.19. The summed E-state index contributed by atoms with van der Waals surface area (Å²) in [5.41, 5.74) is 0. The number of unbranched alkanes of at least 4 members (excludes halogenated alkanes) is 1. The molecule has 0 saturated heterocycles. The van der Waals surface area contributed by atoms with Gasteiger partial charge in [-0.15, -0.1) is 0 Å². The maximum absolute atomic E-state index is 5.40. The van der Waals surface area contributed by atoms with E-state index in [9.17, 15) is 0 Å². The van der Waals surface area contributed by atoms with Gasteiger partial charge >= 0.3 is 0 Å². The second-order valence-corrected chi connectivity index (χ2v) is 4.47. The van der Waals surface area contributed by atoms with Gasteiger partial charge in [-0.25, -0.2) is 9.97 Å². The molecule has 0 fully saturated rings. The summed E-state index contributed by atoms with van der Waals surface area (Å²) in [6, 6.07) is 1.99. The molecule has 1 aromatic rings. The third-order valence-corrected chi connectivity index (χ3v) is 2.79. The number of aromatic nitrogens is 2. The van der Waals surface area contributed by atoms with Crippen molar-refractivity contribution in [2.24, 2.45) is 0 Å². The molecule has 0 unspecified atom stereocenters. The van der Waals surface area contributed by atoms with Gasteiger partial charge in [-0.3, -0.25) is 0 Å². The lowest BCUT2D eigenvalue weighted by atomic mass is 10.3. The van der Waals surface area contributed by atoms with Gasteiger partial charge in [0.1, 0.15) is 18.2 Å². The summed E-state index contributed by atoms with van der Waals surface area (Å²) in [5, 5.41) is 3.24. The second kappa shape index (κ2) is 8.69. The minimum Gasteiger partial charge on any atom is -0.374 e. The predicted octanol–water partition coefficient (Wildman–Crippen LogP) is 2.68. The van der Waals surface area contributed by atoms with E-state index in [4.69, 9.17) is 4.74 Å². The summed E-state index contributed by atoms with van der Waals surface area (Å²) in [6.07, 6.45) is 2.35. The molecule has 0 atom stereocenters. The van der Waals surface area contributed by atoms with E-state index < -0.39 is 0 Å². The molecule has 0 radical (unpaired) electrons. The predicted molar refractivity (Wildman–Crippen MR) is 79.7 cm³/mol. The first kappa shape index (κ1) is 15.7. The van der Waals surface area contributed by atoms with Gasteiger partial charge in [0.05, 0.1) is 0 Å². The smallest absolute Gasteiger partial charge is 0.158 e. The number of hydrogen-bond donors (Lipinski definition) is 1. The first-order valence-corrected chi connectivity index (χ1v) is 7.11. The van der Waals surface area contributed by atoms with E-state index in [-0.39, 0.29) is 0 Å². The van der Waals surface area contributed by atoms with Gasteiger partial charge in [0.25, 0.3) is 0 Å². The Bertz CT molecular complexity index is 370. The third-order valence-electron chi connectivity index (χ3n) is 2.79. The number of ether oxygens (including phenoxy) is 1. The van der Waals surface area contributed by atoms with E-state index in [1.165, 1.54) is 6.42 Å². The molecular weight excluding hydrogens is 240 g/mol. The fourth-order valence-corrected chi connectivity index (χ4v) is 1.72. The van der Waals surface area contributed by atoms with Crippen molar-refractivity contribution < 1.29 is 4.74 Å². The van der Waals surface area contributed by atoms with E-state index in [1.54, 1.807) is 0 Å². The lowest BCUT2D eigenvalue weighted by molar-refractivity contribution is 0.128. The SMILES string of the molecule is CCCCN(C)c1cc(NCC)nc(COCC)n1. The van der Waals surface area contributed by atoms with Gasteiger partial charge in [0, 0.05) is 32.8 Å². The Morgan fingerprint density at radius 1 is 1.26 bits per heavy atom. The molecule has 1 heterocycles. The van der Waals surface area contributed by atoms with Crippen molar-refractivity contribution in [3.63, 3.8) is 0 Å². The monoisotopic (exact) mass is 266 g/mol. The second-order valence-electron chi connectivity index (χ2n) is 4.47. The third kappa shape index (κ3) is 5.42. The molecule has 0 aliphatic heterocycles. The summed E-state index contributed by atoms with van der Waals surface area (Å²) in [5.74, 6) is 2.55. The van der Waals surface area contributed by atoms with Crippen LogP contribution in [0.4, 0.5) is 11.6 Å². The fraction of sp³-hybridized carbons (Fsp3) is 0.714. The summed E-state index contributed by atoms with van der Waals surface area (Å²) < 4.78 is 5.40. The van der Waals surface area contributed by atoms with Crippen LogP contribution >= 0.6 is 0 Å². The summed E-state index contributed by atoms with van der Waals surface area (Å²) in [7, 11) is 2.07. The number of anilines is 2. The van der Waals surface area contributed by atoms with Crippen LogP contribution in [0.15, 0.2) is 6.07 Å². The van der Waals surface area contributed by atoms with Crippen LogP contribution in [0, 0.1) is 0 Å². The van der Waals surface area contributed by atoms with Crippen LogP contribution in [0.25, 0.3) is 0 Å². The van der Waals surface area contributed by atoms with E-state index in [2.05, 4.69) is 41.1 Å². The minimum absolute atomic E-state index is 0.463. The molecule has 0 aromatic carbocycles. The highest BCUT2D eigenvalue weighted by molar-refractivity contribution is 5.48. The number of nitrogens with one attached hydrogen (secondary N) is 1. The number of nitrogens with zero attached hydrogens (tertiary/aromatic N) is 3. The van der Waals surface area contributed by atoms with Crippen molar-refractivity contribution in [2.75, 3.05) is 37.0 Å². The first-order chi connectivity index (χ1) is 9.21. The molecule has 1 aromatic heterocycles. The zero-order chi connectivity index (χ0) is 14.1. The van der Waals surface area contributed by atoms with Crippen LogP contribution in [-0.4, -0.2) is 36.7 Å². The van der Waals surface area contributed by atoms with Crippen LogP contribution in [0.3, 0.4) is 0 Å². The number of hydrogen-bond acceptors (Lipinski definition) is 5. The van der Waals surface area contributed by atoms with Crippen molar-refractivity contribution in [1.82, 2.24) is 9.97 Å². The molecule has 0 amide bonds. The van der Waals surface area contributed by atoms with Gasteiger partial charge in [-0.05, 0) is 20.3 Å². The fourth-order valence-electron chi connectivity index (χ4n) is 1.72. The largest absolute Gasteiger partial charge is 0.374 e. The Hall–Kier alpha value is -1.36.